The number of nitrogens with zero attached hydrogens (tertiary/aromatic N) is 2. The van der Waals surface area contributed by atoms with Crippen LogP contribution in [-0.2, 0) is 9.53 Å². The number of ether oxygens (including phenoxy) is 1. The molecule has 1 aromatic rings. The van der Waals surface area contributed by atoms with Gasteiger partial charge in [0.05, 0.1) is 10.6 Å². The van der Waals surface area contributed by atoms with Crippen molar-refractivity contribution < 1.29 is 19.4 Å². The van der Waals surface area contributed by atoms with Gasteiger partial charge in [0.25, 0.3) is 0 Å². The minimum Gasteiger partial charge on any atom is -0.477 e. The number of nitrogens with one attached hydrogen (secondary N) is 1. The van der Waals surface area contributed by atoms with Gasteiger partial charge >= 0.3 is 5.97 Å². The number of thiophene rings is 1. The molecule has 0 radical (unpaired) electrons. The third-order valence-corrected chi connectivity index (χ3v) is 8.39. The number of carboxylic acids is 1. The molecule has 1 fully saturated rings. The number of hydrogen-bond donors (Lipinski definition) is 2. The van der Waals surface area contributed by atoms with Gasteiger partial charge in [0.15, 0.2) is 0 Å². The molecule has 2 N–H and O–H groups in total. The van der Waals surface area contributed by atoms with E-state index in [4.69, 9.17) is 4.74 Å². The van der Waals surface area contributed by atoms with Crippen LogP contribution < -0.4 is 10.3 Å². The molecule has 0 saturated heterocycles. The van der Waals surface area contributed by atoms with E-state index in [0.29, 0.717) is 41.4 Å². The minimum atomic E-state index is -1.03. The molecule has 0 aromatic carbocycles. The van der Waals surface area contributed by atoms with Crippen molar-refractivity contribution in [3.63, 3.8) is 0 Å². The van der Waals surface area contributed by atoms with E-state index in [0.717, 1.165) is 30.6 Å². The van der Waals surface area contributed by atoms with Crippen LogP contribution in [0.15, 0.2) is 47.2 Å². The predicted octanol–water partition coefficient (Wildman–Crippen LogP) is 6.48. The first kappa shape index (κ1) is 28.7. The summed E-state index contributed by atoms with van der Waals surface area (Å²) in [5.74, 6) is 5.85. The number of hydrazone groups is 1. The Balaban J connectivity index is 1.62. The van der Waals surface area contributed by atoms with Crippen LogP contribution in [0, 0.1) is 29.1 Å². The Hall–Kier alpha value is -3.31. The predicted molar refractivity (Wildman–Crippen MR) is 157 cm³/mol. The van der Waals surface area contributed by atoms with Crippen molar-refractivity contribution in [3.05, 3.63) is 51.9 Å². The van der Waals surface area contributed by atoms with Crippen LogP contribution >= 0.6 is 11.3 Å². The van der Waals surface area contributed by atoms with E-state index in [1.165, 1.54) is 5.57 Å². The van der Waals surface area contributed by atoms with Crippen molar-refractivity contribution in [2.45, 2.75) is 85.3 Å². The summed E-state index contributed by atoms with van der Waals surface area (Å²) >= 11 is 1.15. The fraction of sp³-hybridized carbons (Fsp3) is 0.516. The lowest BCUT2D eigenvalue weighted by Crippen LogP contribution is -2.48. The molecule has 208 valence electrons. The van der Waals surface area contributed by atoms with Crippen molar-refractivity contribution in [1.29, 1.82) is 0 Å². The molecular weight excluding hydrogens is 510 g/mol. The fourth-order valence-electron chi connectivity index (χ4n) is 5.37. The summed E-state index contributed by atoms with van der Waals surface area (Å²) in [5, 5.41) is 14.3. The highest BCUT2D eigenvalue weighted by atomic mass is 32.1. The van der Waals surface area contributed by atoms with E-state index < -0.39 is 5.97 Å². The monoisotopic (exact) mass is 549 g/mol. The maximum absolute atomic E-state index is 14.2. The number of carbonyl (C=O) groups is 2. The molecule has 7 nitrogen and oxygen atoms in total. The average molecular weight is 550 g/mol. The van der Waals surface area contributed by atoms with E-state index in [1.54, 1.807) is 11.0 Å². The SMILES string of the molecule is C=C1C=CC(O[C@H]2CC[C@H](N(C(=O)[C@H]3CC=C(C)C[C@@H]3C)c3cc(C#CC(C)(C)C)sc3C(=O)O)CC2)=NN1. The molecule has 2 atom stereocenters. The Morgan fingerprint density at radius 1 is 1.23 bits per heavy atom. The van der Waals surface area contributed by atoms with Crippen molar-refractivity contribution in [3.8, 4) is 11.8 Å². The molecule has 3 aliphatic rings. The first-order valence-corrected chi connectivity index (χ1v) is 14.5. The molecule has 0 bridgehead atoms. The van der Waals surface area contributed by atoms with Gasteiger partial charge in [-0.05, 0) is 84.3 Å². The van der Waals surface area contributed by atoms with Crippen LogP contribution in [0.4, 0.5) is 5.69 Å². The molecule has 1 saturated carbocycles. The molecular formula is C31H39N3O4S. The van der Waals surface area contributed by atoms with Gasteiger partial charge in [-0.1, -0.05) is 37.0 Å². The third kappa shape index (κ3) is 7.21. The lowest BCUT2D eigenvalue weighted by molar-refractivity contribution is -0.124. The minimum absolute atomic E-state index is 0.00792. The quantitative estimate of drug-likeness (QED) is 0.324. The topological polar surface area (TPSA) is 91.2 Å². The lowest BCUT2D eigenvalue weighted by Gasteiger charge is -2.40. The van der Waals surface area contributed by atoms with Gasteiger partial charge in [0.1, 0.15) is 11.0 Å². The van der Waals surface area contributed by atoms with Crippen LogP contribution in [0.5, 0.6) is 0 Å². The van der Waals surface area contributed by atoms with E-state index in [-0.39, 0.29) is 40.2 Å². The molecule has 0 spiro atoms. The summed E-state index contributed by atoms with van der Waals surface area (Å²) in [5.41, 5.74) is 5.09. The average Bonchev–Trinajstić information content (AvgIpc) is 3.29. The maximum atomic E-state index is 14.2. The molecule has 39 heavy (non-hydrogen) atoms. The number of allylic oxidation sites excluding steroid dienone is 3. The van der Waals surface area contributed by atoms with Gasteiger partial charge in [-0.25, -0.2) is 4.79 Å². The molecule has 1 aliphatic heterocycles. The zero-order valence-corrected chi connectivity index (χ0v) is 24.4. The van der Waals surface area contributed by atoms with Gasteiger partial charge < -0.3 is 14.7 Å². The summed E-state index contributed by atoms with van der Waals surface area (Å²) in [4.78, 5) is 29.3. The standard InChI is InChI=1S/C31H39N3O4S/c1-19-7-13-25(20(2)17-19)29(35)34(26-18-24(15-16-31(4,5)6)39-28(26)30(36)37)22-9-11-23(12-10-22)38-27-14-8-21(3)32-33-27/h7-8,14,18,20,22-23,25,32H,3,9-13,17H2,1-2,4-6H3,(H,36,37)/t20-,22-,23-,25-/m0/s1. The molecule has 0 unspecified atom stereocenters. The van der Waals surface area contributed by atoms with Crippen LogP contribution in [0.1, 0.15) is 87.7 Å². The Morgan fingerprint density at radius 2 is 1.95 bits per heavy atom. The first-order chi connectivity index (χ1) is 18.4. The molecule has 8 heteroatoms. The molecule has 4 rings (SSSR count). The second-order valence-corrected chi connectivity index (χ2v) is 12.9. The summed E-state index contributed by atoms with van der Waals surface area (Å²) in [6, 6.07) is 1.69. The Kier molecular flexibility index (Phi) is 8.70. The number of carboxylic acid groups (broad SMARTS) is 1. The number of hydrogen-bond acceptors (Lipinski definition) is 6. The number of amides is 1. The van der Waals surface area contributed by atoms with Gasteiger partial charge in [-0.15, -0.1) is 16.4 Å². The summed E-state index contributed by atoms with van der Waals surface area (Å²) < 4.78 is 6.09. The number of carbonyl (C=O) groups excluding carboxylic acids is 1. The highest BCUT2D eigenvalue weighted by molar-refractivity contribution is 7.15. The smallest absolute Gasteiger partial charge is 0.348 e. The van der Waals surface area contributed by atoms with E-state index in [2.05, 4.69) is 48.9 Å². The van der Waals surface area contributed by atoms with Crippen LogP contribution in [0.3, 0.4) is 0 Å². The Morgan fingerprint density at radius 3 is 2.54 bits per heavy atom. The number of anilines is 1. The zero-order valence-electron chi connectivity index (χ0n) is 23.5. The normalized spacial score (nSPS) is 25.0. The maximum Gasteiger partial charge on any atom is 0.348 e. The van der Waals surface area contributed by atoms with Crippen LogP contribution in [0.2, 0.25) is 0 Å². The third-order valence-electron chi connectivity index (χ3n) is 7.37. The first-order valence-electron chi connectivity index (χ1n) is 13.7. The van der Waals surface area contributed by atoms with Crippen molar-refractivity contribution in [2.75, 3.05) is 4.90 Å². The van der Waals surface area contributed by atoms with E-state index in [1.807, 2.05) is 32.9 Å². The lowest BCUT2D eigenvalue weighted by atomic mass is 9.79. The second-order valence-electron chi connectivity index (χ2n) is 11.9. The van der Waals surface area contributed by atoms with Crippen LogP contribution in [0.25, 0.3) is 0 Å². The molecule has 1 amide bonds. The van der Waals surface area contributed by atoms with Gasteiger partial charge in [0, 0.05) is 29.1 Å². The highest BCUT2D eigenvalue weighted by Crippen LogP contribution is 2.39. The molecule has 2 aliphatic carbocycles. The van der Waals surface area contributed by atoms with Gasteiger partial charge in [0.2, 0.25) is 11.8 Å². The van der Waals surface area contributed by atoms with Crippen LogP contribution in [-0.4, -0.2) is 35.0 Å². The molecule has 1 aromatic heterocycles. The van der Waals surface area contributed by atoms with E-state index in [9.17, 15) is 14.7 Å². The highest BCUT2D eigenvalue weighted by Gasteiger charge is 2.39. The summed E-state index contributed by atoms with van der Waals surface area (Å²) in [7, 11) is 0. The number of aromatic carboxylic acids is 1. The van der Waals surface area contributed by atoms with E-state index >= 15 is 0 Å². The summed E-state index contributed by atoms with van der Waals surface area (Å²) in [6.45, 7) is 14.1. The Labute approximate surface area is 235 Å². The fourth-order valence-corrected chi connectivity index (χ4v) is 6.21. The molecule has 2 heterocycles. The summed E-state index contributed by atoms with van der Waals surface area (Å²) in [6.07, 6.45) is 10.2. The Bertz CT molecular complexity index is 1280. The van der Waals surface area contributed by atoms with Gasteiger partial charge in [-0.2, -0.15) is 0 Å². The van der Waals surface area contributed by atoms with Crippen molar-refractivity contribution in [1.82, 2.24) is 5.43 Å². The largest absolute Gasteiger partial charge is 0.477 e. The van der Waals surface area contributed by atoms with Gasteiger partial charge in [-0.3, -0.25) is 10.2 Å². The van der Waals surface area contributed by atoms with Crippen molar-refractivity contribution in [2.24, 2.45) is 22.4 Å². The zero-order chi connectivity index (χ0) is 28.3. The number of rotatable bonds is 5. The second kappa shape index (κ2) is 11.8. The van der Waals surface area contributed by atoms with Crippen molar-refractivity contribution >= 4 is 34.8 Å².